The fourth-order valence-electron chi connectivity index (χ4n) is 2.19. The second-order valence-corrected chi connectivity index (χ2v) is 4.21. The monoisotopic (exact) mass is 227 g/mol. The Morgan fingerprint density at radius 2 is 1.82 bits per heavy atom. The van der Waals surface area contributed by atoms with Gasteiger partial charge in [-0.05, 0) is 6.92 Å². The third kappa shape index (κ3) is 1.59. The fraction of sp³-hybridized carbons (Fsp3) is 0.214. The number of aryl methyl sites for hydroxylation is 1. The first kappa shape index (κ1) is 10.3. The van der Waals surface area contributed by atoms with Crippen LogP contribution in [0.25, 0.3) is 11.3 Å². The van der Waals surface area contributed by atoms with Crippen LogP contribution in [0.3, 0.4) is 0 Å². The first-order valence-electron chi connectivity index (χ1n) is 5.62. The van der Waals surface area contributed by atoms with E-state index < -0.39 is 0 Å². The molecule has 1 aliphatic heterocycles. The topological polar surface area (TPSA) is 42.4 Å². The number of benzene rings is 1. The Bertz CT molecular complexity index is 564. The standard InChI is InChI=1S/C14H13NO2/c1-9-14(16)12-8-17-7-11(12)13(15-9)10-5-3-2-4-6-10/h2-6,16H,7-8H2,1H3. The lowest BCUT2D eigenvalue weighted by Crippen LogP contribution is -1.96. The molecule has 1 aromatic heterocycles. The van der Waals surface area contributed by atoms with Crippen molar-refractivity contribution in [3.63, 3.8) is 0 Å². The second kappa shape index (κ2) is 3.86. The van der Waals surface area contributed by atoms with Crippen molar-refractivity contribution in [2.45, 2.75) is 20.1 Å². The van der Waals surface area contributed by atoms with Crippen molar-refractivity contribution in [3.05, 3.63) is 47.2 Å². The number of hydrogen-bond acceptors (Lipinski definition) is 3. The molecule has 0 unspecified atom stereocenters. The van der Waals surface area contributed by atoms with E-state index in [9.17, 15) is 5.11 Å². The van der Waals surface area contributed by atoms with Crippen LogP contribution in [-0.2, 0) is 18.0 Å². The van der Waals surface area contributed by atoms with Crippen molar-refractivity contribution in [1.29, 1.82) is 0 Å². The summed E-state index contributed by atoms with van der Waals surface area (Å²) in [4.78, 5) is 4.48. The summed E-state index contributed by atoms with van der Waals surface area (Å²) < 4.78 is 5.41. The molecule has 0 fully saturated rings. The van der Waals surface area contributed by atoms with Crippen molar-refractivity contribution in [2.75, 3.05) is 0 Å². The smallest absolute Gasteiger partial charge is 0.142 e. The van der Waals surface area contributed by atoms with E-state index >= 15 is 0 Å². The summed E-state index contributed by atoms with van der Waals surface area (Å²) in [5, 5.41) is 9.95. The van der Waals surface area contributed by atoms with Crippen LogP contribution in [-0.4, -0.2) is 10.1 Å². The van der Waals surface area contributed by atoms with Crippen LogP contribution in [0.15, 0.2) is 30.3 Å². The van der Waals surface area contributed by atoms with Gasteiger partial charge in [-0.25, -0.2) is 4.98 Å². The van der Waals surface area contributed by atoms with Crippen LogP contribution in [0.2, 0.25) is 0 Å². The van der Waals surface area contributed by atoms with Gasteiger partial charge in [-0.1, -0.05) is 30.3 Å². The number of aromatic nitrogens is 1. The van der Waals surface area contributed by atoms with E-state index in [2.05, 4.69) is 4.98 Å². The maximum Gasteiger partial charge on any atom is 0.142 e. The molecule has 3 nitrogen and oxygen atoms in total. The molecule has 0 atom stereocenters. The minimum atomic E-state index is 0.275. The molecule has 0 radical (unpaired) electrons. The zero-order valence-electron chi connectivity index (χ0n) is 9.60. The number of rotatable bonds is 1. The number of aromatic hydroxyl groups is 1. The Hall–Kier alpha value is -1.87. The van der Waals surface area contributed by atoms with Crippen LogP contribution in [0.5, 0.6) is 5.75 Å². The van der Waals surface area contributed by atoms with Gasteiger partial charge in [0.15, 0.2) is 0 Å². The lowest BCUT2D eigenvalue weighted by Gasteiger charge is -2.10. The van der Waals surface area contributed by atoms with E-state index in [1.807, 2.05) is 37.3 Å². The summed E-state index contributed by atoms with van der Waals surface area (Å²) in [6.45, 7) is 2.82. The van der Waals surface area contributed by atoms with Gasteiger partial charge in [0.2, 0.25) is 0 Å². The average Bonchev–Trinajstić information content (AvgIpc) is 2.84. The molecule has 17 heavy (non-hydrogen) atoms. The molecule has 0 spiro atoms. The largest absolute Gasteiger partial charge is 0.506 e. The average molecular weight is 227 g/mol. The van der Waals surface area contributed by atoms with Crippen molar-refractivity contribution >= 4 is 0 Å². The summed E-state index contributed by atoms with van der Waals surface area (Å²) in [5.41, 5.74) is 4.55. The Morgan fingerprint density at radius 3 is 2.59 bits per heavy atom. The predicted molar refractivity (Wildman–Crippen MR) is 64.6 cm³/mol. The van der Waals surface area contributed by atoms with Gasteiger partial charge in [-0.15, -0.1) is 0 Å². The summed E-state index contributed by atoms with van der Waals surface area (Å²) in [7, 11) is 0. The first-order chi connectivity index (χ1) is 8.27. The molecule has 0 amide bonds. The number of ether oxygens (including phenoxy) is 1. The first-order valence-corrected chi connectivity index (χ1v) is 5.62. The van der Waals surface area contributed by atoms with Gasteiger partial charge in [0.05, 0.1) is 24.6 Å². The van der Waals surface area contributed by atoms with E-state index in [0.29, 0.717) is 18.9 Å². The maximum atomic E-state index is 9.95. The second-order valence-electron chi connectivity index (χ2n) is 4.21. The van der Waals surface area contributed by atoms with Gasteiger partial charge < -0.3 is 9.84 Å². The zero-order chi connectivity index (χ0) is 11.8. The van der Waals surface area contributed by atoms with Crippen molar-refractivity contribution in [3.8, 4) is 17.0 Å². The maximum absolute atomic E-state index is 9.95. The Balaban J connectivity index is 2.25. The van der Waals surface area contributed by atoms with Gasteiger partial charge in [-0.3, -0.25) is 0 Å². The Kier molecular flexibility index (Phi) is 2.34. The molecular weight excluding hydrogens is 214 g/mol. The van der Waals surface area contributed by atoms with Crippen LogP contribution >= 0.6 is 0 Å². The zero-order valence-corrected chi connectivity index (χ0v) is 9.60. The highest BCUT2D eigenvalue weighted by molar-refractivity contribution is 5.67. The highest BCUT2D eigenvalue weighted by atomic mass is 16.5. The van der Waals surface area contributed by atoms with E-state index in [1.54, 1.807) is 0 Å². The van der Waals surface area contributed by atoms with Gasteiger partial charge >= 0.3 is 0 Å². The third-order valence-corrected chi connectivity index (χ3v) is 3.10. The van der Waals surface area contributed by atoms with Gasteiger partial charge in [0.25, 0.3) is 0 Å². The van der Waals surface area contributed by atoms with Crippen molar-refractivity contribution in [1.82, 2.24) is 4.98 Å². The quantitative estimate of drug-likeness (QED) is 0.814. The summed E-state index contributed by atoms with van der Waals surface area (Å²) in [6.07, 6.45) is 0. The summed E-state index contributed by atoms with van der Waals surface area (Å²) in [5.74, 6) is 0.275. The van der Waals surface area contributed by atoms with Crippen LogP contribution < -0.4 is 0 Å². The van der Waals surface area contributed by atoms with E-state index in [4.69, 9.17) is 4.74 Å². The molecule has 0 saturated heterocycles. The SMILES string of the molecule is Cc1nc(-c2ccccc2)c2c(c1O)COC2. The molecule has 2 heterocycles. The third-order valence-electron chi connectivity index (χ3n) is 3.10. The molecule has 1 aromatic carbocycles. The molecular formula is C14H13NO2. The molecule has 0 bridgehead atoms. The lowest BCUT2D eigenvalue weighted by atomic mass is 10.0. The molecule has 0 aliphatic carbocycles. The molecule has 1 aliphatic rings. The highest BCUT2D eigenvalue weighted by Crippen LogP contribution is 2.36. The van der Waals surface area contributed by atoms with E-state index in [1.165, 1.54) is 0 Å². The van der Waals surface area contributed by atoms with Crippen LogP contribution in [0.4, 0.5) is 0 Å². The van der Waals surface area contributed by atoms with E-state index in [-0.39, 0.29) is 5.75 Å². The predicted octanol–water partition coefficient (Wildman–Crippen LogP) is 2.79. The van der Waals surface area contributed by atoms with Gasteiger partial charge in [-0.2, -0.15) is 0 Å². The molecule has 3 rings (SSSR count). The molecule has 86 valence electrons. The normalized spacial score (nSPS) is 13.7. The molecule has 2 aromatic rings. The number of pyridine rings is 1. The molecule has 3 heteroatoms. The van der Waals surface area contributed by atoms with Gasteiger partial charge in [0.1, 0.15) is 5.75 Å². The number of fused-ring (bicyclic) bond motifs is 1. The van der Waals surface area contributed by atoms with Gasteiger partial charge in [0, 0.05) is 16.7 Å². The van der Waals surface area contributed by atoms with Crippen LogP contribution in [0.1, 0.15) is 16.8 Å². The summed E-state index contributed by atoms with van der Waals surface area (Å²) in [6, 6.07) is 10.0. The van der Waals surface area contributed by atoms with Crippen molar-refractivity contribution in [2.24, 2.45) is 0 Å². The fourth-order valence-corrected chi connectivity index (χ4v) is 2.19. The van der Waals surface area contributed by atoms with E-state index in [0.717, 1.165) is 22.4 Å². The van der Waals surface area contributed by atoms with Crippen LogP contribution in [0, 0.1) is 6.92 Å². The number of hydrogen-bond donors (Lipinski definition) is 1. The number of nitrogens with zero attached hydrogens (tertiary/aromatic N) is 1. The molecule has 1 N–H and O–H groups in total. The Morgan fingerprint density at radius 1 is 1.12 bits per heavy atom. The highest BCUT2D eigenvalue weighted by Gasteiger charge is 2.22. The Labute approximate surface area is 99.7 Å². The minimum Gasteiger partial charge on any atom is -0.506 e. The summed E-state index contributed by atoms with van der Waals surface area (Å²) >= 11 is 0. The van der Waals surface area contributed by atoms with Crippen molar-refractivity contribution < 1.29 is 9.84 Å². The minimum absolute atomic E-state index is 0.275. The lowest BCUT2D eigenvalue weighted by molar-refractivity contribution is 0.133. The molecule has 0 saturated carbocycles.